The van der Waals surface area contributed by atoms with Gasteiger partial charge in [-0.2, -0.15) is 0 Å². The van der Waals surface area contributed by atoms with Crippen molar-refractivity contribution in [2.75, 3.05) is 13.6 Å². The Morgan fingerprint density at radius 2 is 1.74 bits per heavy atom. The lowest BCUT2D eigenvalue weighted by atomic mass is 9.90. The van der Waals surface area contributed by atoms with Crippen LogP contribution in [0.15, 0.2) is 48.5 Å². The fourth-order valence-corrected chi connectivity index (χ4v) is 2.74. The molecule has 0 fully saturated rings. The summed E-state index contributed by atoms with van der Waals surface area (Å²) in [6, 6.07) is 16.7. The zero-order valence-electron chi connectivity index (χ0n) is 11.5. The minimum absolute atomic E-state index is 0.403. The van der Waals surface area contributed by atoms with Gasteiger partial charge in [0.15, 0.2) is 0 Å². The van der Waals surface area contributed by atoms with E-state index in [9.17, 15) is 0 Å². The van der Waals surface area contributed by atoms with E-state index in [1.807, 2.05) is 19.2 Å². The van der Waals surface area contributed by atoms with Gasteiger partial charge in [0.1, 0.15) is 0 Å². The molecule has 1 N–H and O–H groups in total. The molecular weight excluding hydrogens is 254 g/mol. The Kier molecular flexibility index (Phi) is 5.00. The smallest absolute Gasteiger partial charge is 0.0441 e. The molecule has 0 radical (unpaired) electrons. The van der Waals surface area contributed by atoms with E-state index in [1.165, 1.54) is 16.7 Å². The van der Waals surface area contributed by atoms with Crippen LogP contribution in [-0.4, -0.2) is 13.6 Å². The third-order valence-electron chi connectivity index (χ3n) is 3.52. The van der Waals surface area contributed by atoms with Crippen LogP contribution in [-0.2, 0) is 6.42 Å². The van der Waals surface area contributed by atoms with Crippen LogP contribution >= 0.6 is 11.6 Å². The highest BCUT2D eigenvalue weighted by molar-refractivity contribution is 6.31. The summed E-state index contributed by atoms with van der Waals surface area (Å²) in [5.74, 6) is 0.403. The van der Waals surface area contributed by atoms with Crippen LogP contribution in [0.1, 0.15) is 22.6 Å². The van der Waals surface area contributed by atoms with Crippen LogP contribution in [0.4, 0.5) is 0 Å². The quantitative estimate of drug-likeness (QED) is 0.861. The van der Waals surface area contributed by atoms with Crippen molar-refractivity contribution in [1.29, 1.82) is 0 Å². The zero-order valence-corrected chi connectivity index (χ0v) is 12.2. The van der Waals surface area contributed by atoms with Crippen molar-refractivity contribution in [2.45, 2.75) is 19.3 Å². The predicted octanol–water partition coefficient (Wildman–Crippen LogP) is 4.19. The van der Waals surface area contributed by atoms with Gasteiger partial charge in [-0.1, -0.05) is 54.1 Å². The van der Waals surface area contributed by atoms with E-state index >= 15 is 0 Å². The lowest BCUT2D eigenvalue weighted by molar-refractivity contribution is 0.624. The molecule has 2 rings (SSSR count). The lowest BCUT2D eigenvalue weighted by Gasteiger charge is -2.19. The van der Waals surface area contributed by atoms with E-state index in [4.69, 9.17) is 11.6 Å². The molecule has 0 bridgehead atoms. The summed E-state index contributed by atoms with van der Waals surface area (Å²) in [4.78, 5) is 0. The van der Waals surface area contributed by atoms with Gasteiger partial charge in [0.05, 0.1) is 0 Å². The van der Waals surface area contributed by atoms with Gasteiger partial charge in [-0.3, -0.25) is 0 Å². The average Bonchev–Trinajstić information content (AvgIpc) is 2.41. The van der Waals surface area contributed by atoms with Gasteiger partial charge >= 0.3 is 0 Å². The molecule has 100 valence electrons. The number of nitrogens with one attached hydrogen (secondary N) is 1. The van der Waals surface area contributed by atoms with E-state index < -0.39 is 0 Å². The molecule has 0 saturated heterocycles. The molecule has 0 saturated carbocycles. The number of halogens is 1. The van der Waals surface area contributed by atoms with E-state index in [0.29, 0.717) is 5.92 Å². The number of benzene rings is 2. The zero-order chi connectivity index (χ0) is 13.7. The molecule has 1 atom stereocenters. The molecule has 1 unspecified atom stereocenters. The highest BCUT2D eigenvalue weighted by Crippen LogP contribution is 2.27. The fraction of sp³-hybridized carbons (Fsp3) is 0.294. The lowest BCUT2D eigenvalue weighted by Crippen LogP contribution is -2.19. The maximum atomic E-state index is 6.33. The van der Waals surface area contributed by atoms with Gasteiger partial charge in [-0.05, 0) is 43.1 Å². The van der Waals surface area contributed by atoms with Gasteiger partial charge in [0, 0.05) is 17.5 Å². The second kappa shape index (κ2) is 6.74. The van der Waals surface area contributed by atoms with E-state index in [1.54, 1.807) is 0 Å². The average molecular weight is 274 g/mol. The number of aryl methyl sites for hydroxylation is 1. The van der Waals surface area contributed by atoms with Gasteiger partial charge in [-0.25, -0.2) is 0 Å². The summed E-state index contributed by atoms with van der Waals surface area (Å²) in [6.45, 7) is 3.09. The maximum absolute atomic E-state index is 6.33. The first kappa shape index (κ1) is 14.1. The van der Waals surface area contributed by atoms with Crippen LogP contribution < -0.4 is 5.32 Å². The van der Waals surface area contributed by atoms with Crippen LogP contribution in [0.5, 0.6) is 0 Å². The van der Waals surface area contributed by atoms with Gasteiger partial charge in [0.25, 0.3) is 0 Å². The van der Waals surface area contributed by atoms with Crippen molar-refractivity contribution < 1.29 is 0 Å². The molecule has 19 heavy (non-hydrogen) atoms. The maximum Gasteiger partial charge on any atom is 0.0441 e. The van der Waals surface area contributed by atoms with Gasteiger partial charge in [-0.15, -0.1) is 0 Å². The third-order valence-corrected chi connectivity index (χ3v) is 3.87. The molecule has 0 heterocycles. The molecular formula is C17H20ClN. The summed E-state index contributed by atoms with van der Waals surface area (Å²) in [5, 5.41) is 4.13. The van der Waals surface area contributed by atoms with E-state index in [-0.39, 0.29) is 0 Å². The Bertz CT molecular complexity index is 536. The van der Waals surface area contributed by atoms with Crippen LogP contribution in [0.3, 0.4) is 0 Å². The number of hydrogen-bond donors (Lipinski definition) is 1. The molecule has 2 heteroatoms. The molecule has 1 nitrogen and oxygen atoms in total. The second-order valence-electron chi connectivity index (χ2n) is 4.91. The highest BCUT2D eigenvalue weighted by atomic mass is 35.5. The molecule has 0 amide bonds. The van der Waals surface area contributed by atoms with Crippen molar-refractivity contribution >= 4 is 11.6 Å². The Labute approximate surface area is 120 Å². The van der Waals surface area contributed by atoms with Crippen LogP contribution in [0, 0.1) is 6.92 Å². The minimum atomic E-state index is 0.403. The molecule has 0 aliphatic carbocycles. The van der Waals surface area contributed by atoms with Crippen molar-refractivity contribution in [1.82, 2.24) is 5.32 Å². The normalized spacial score (nSPS) is 12.4. The van der Waals surface area contributed by atoms with E-state index in [2.05, 4.69) is 48.6 Å². The van der Waals surface area contributed by atoms with E-state index in [0.717, 1.165) is 18.0 Å². The molecule has 0 aliphatic rings. The largest absolute Gasteiger partial charge is 0.319 e. The summed E-state index contributed by atoms with van der Waals surface area (Å²) in [5.41, 5.74) is 3.96. The Morgan fingerprint density at radius 1 is 1.05 bits per heavy atom. The molecule has 2 aromatic rings. The SMILES string of the molecule is CNCC(Cc1ccccc1C)c1ccccc1Cl. The molecule has 2 aromatic carbocycles. The van der Waals surface area contributed by atoms with Crippen LogP contribution in [0.2, 0.25) is 5.02 Å². The van der Waals surface area contributed by atoms with Crippen molar-refractivity contribution in [3.05, 3.63) is 70.2 Å². The minimum Gasteiger partial charge on any atom is -0.319 e. The standard InChI is InChI=1S/C17H20ClN/c1-13-7-3-4-8-14(13)11-15(12-19-2)16-9-5-6-10-17(16)18/h3-10,15,19H,11-12H2,1-2H3. The van der Waals surface area contributed by atoms with Crippen molar-refractivity contribution in [3.63, 3.8) is 0 Å². The molecule has 0 aromatic heterocycles. The van der Waals surface area contributed by atoms with Crippen molar-refractivity contribution in [3.8, 4) is 0 Å². The molecule has 0 aliphatic heterocycles. The highest BCUT2D eigenvalue weighted by Gasteiger charge is 2.15. The summed E-state index contributed by atoms with van der Waals surface area (Å²) in [7, 11) is 1.99. The third kappa shape index (κ3) is 3.59. The first-order valence-corrected chi connectivity index (χ1v) is 7.03. The topological polar surface area (TPSA) is 12.0 Å². The number of rotatable bonds is 5. The first-order valence-electron chi connectivity index (χ1n) is 6.66. The monoisotopic (exact) mass is 273 g/mol. The number of hydrogen-bond acceptors (Lipinski definition) is 1. The van der Waals surface area contributed by atoms with Gasteiger partial charge in [0.2, 0.25) is 0 Å². The molecule has 0 spiro atoms. The summed E-state index contributed by atoms with van der Waals surface area (Å²) < 4.78 is 0. The van der Waals surface area contributed by atoms with Crippen LogP contribution in [0.25, 0.3) is 0 Å². The summed E-state index contributed by atoms with van der Waals surface area (Å²) >= 11 is 6.33. The fourth-order valence-electron chi connectivity index (χ4n) is 2.45. The Hall–Kier alpha value is -1.31. The Morgan fingerprint density at radius 3 is 2.42 bits per heavy atom. The van der Waals surface area contributed by atoms with Crippen molar-refractivity contribution in [2.24, 2.45) is 0 Å². The Balaban J connectivity index is 2.27. The van der Waals surface area contributed by atoms with Gasteiger partial charge < -0.3 is 5.32 Å². The number of likely N-dealkylation sites (N-methyl/N-ethyl adjacent to an activating group) is 1. The predicted molar refractivity (Wildman–Crippen MR) is 83.0 cm³/mol. The first-order chi connectivity index (χ1) is 9.22. The summed E-state index contributed by atoms with van der Waals surface area (Å²) in [6.07, 6.45) is 1.01. The second-order valence-corrected chi connectivity index (χ2v) is 5.31.